The third kappa shape index (κ3) is 2.78. The highest BCUT2D eigenvalue weighted by Gasteiger charge is 2.17. The lowest BCUT2D eigenvalue weighted by atomic mass is 9.96. The van der Waals surface area contributed by atoms with Gasteiger partial charge < -0.3 is 5.73 Å². The highest BCUT2D eigenvalue weighted by atomic mass is 35.5. The van der Waals surface area contributed by atoms with Crippen molar-refractivity contribution in [2.24, 2.45) is 12.8 Å². The highest BCUT2D eigenvalue weighted by molar-refractivity contribution is 6.31. The average Bonchev–Trinajstić information content (AvgIpc) is 2.59. The third-order valence-corrected chi connectivity index (χ3v) is 4.29. The van der Waals surface area contributed by atoms with E-state index in [2.05, 4.69) is 5.10 Å². The number of aromatic nitrogens is 2. The van der Waals surface area contributed by atoms with Crippen LogP contribution >= 0.6 is 23.2 Å². The van der Waals surface area contributed by atoms with E-state index in [1.165, 1.54) is 0 Å². The van der Waals surface area contributed by atoms with Crippen LogP contribution in [-0.4, -0.2) is 9.78 Å². The van der Waals surface area contributed by atoms with E-state index < -0.39 is 0 Å². The van der Waals surface area contributed by atoms with E-state index in [4.69, 9.17) is 28.9 Å². The number of benzene rings is 1. The molecule has 1 aromatic carbocycles. The Hall–Kier alpha value is -1.03. The van der Waals surface area contributed by atoms with Crippen LogP contribution < -0.4 is 5.73 Å². The predicted molar refractivity (Wildman–Crippen MR) is 79.8 cm³/mol. The van der Waals surface area contributed by atoms with Crippen molar-refractivity contribution in [2.75, 3.05) is 0 Å². The van der Waals surface area contributed by atoms with Gasteiger partial charge in [0.25, 0.3) is 0 Å². The topological polar surface area (TPSA) is 43.8 Å². The first-order valence-electron chi connectivity index (χ1n) is 6.10. The Kier molecular flexibility index (Phi) is 4.19. The molecule has 1 unspecified atom stereocenters. The molecule has 0 fully saturated rings. The van der Waals surface area contributed by atoms with Crippen LogP contribution in [0.3, 0.4) is 0 Å². The fourth-order valence-electron chi connectivity index (χ4n) is 2.26. The van der Waals surface area contributed by atoms with E-state index in [0.717, 1.165) is 27.4 Å². The molecule has 0 aliphatic rings. The van der Waals surface area contributed by atoms with E-state index in [9.17, 15) is 0 Å². The Balaban J connectivity index is 2.31. The van der Waals surface area contributed by atoms with Crippen molar-refractivity contribution in [3.63, 3.8) is 0 Å². The Labute approximate surface area is 123 Å². The van der Waals surface area contributed by atoms with Crippen molar-refractivity contribution in [2.45, 2.75) is 26.3 Å². The zero-order valence-corrected chi connectivity index (χ0v) is 12.8. The van der Waals surface area contributed by atoms with Crippen LogP contribution in [0.5, 0.6) is 0 Å². The summed E-state index contributed by atoms with van der Waals surface area (Å²) in [6, 6.07) is 5.66. The Morgan fingerprint density at radius 1 is 1.32 bits per heavy atom. The summed E-state index contributed by atoms with van der Waals surface area (Å²) in [4.78, 5) is 0. The predicted octanol–water partition coefficient (Wildman–Crippen LogP) is 3.59. The number of aryl methyl sites for hydroxylation is 2. The van der Waals surface area contributed by atoms with Gasteiger partial charge in [0, 0.05) is 23.7 Å². The number of rotatable bonds is 3. The monoisotopic (exact) mass is 297 g/mol. The molecule has 2 N–H and O–H groups in total. The molecule has 2 rings (SSSR count). The van der Waals surface area contributed by atoms with Gasteiger partial charge in [0.2, 0.25) is 0 Å². The summed E-state index contributed by atoms with van der Waals surface area (Å²) in [6.07, 6.45) is 0.652. The Bertz CT molecular complexity index is 605. The molecule has 0 saturated carbocycles. The summed E-state index contributed by atoms with van der Waals surface area (Å²) >= 11 is 12.4. The van der Waals surface area contributed by atoms with E-state index in [1.807, 2.05) is 39.1 Å². The highest BCUT2D eigenvalue weighted by Crippen LogP contribution is 2.28. The maximum atomic E-state index is 6.29. The summed E-state index contributed by atoms with van der Waals surface area (Å²) in [6.45, 7) is 3.92. The fourth-order valence-corrected chi connectivity index (χ4v) is 2.70. The molecule has 0 bridgehead atoms. The first kappa shape index (κ1) is 14.4. The number of hydrogen-bond acceptors (Lipinski definition) is 2. The molecule has 0 saturated heterocycles. The zero-order chi connectivity index (χ0) is 14.2. The molecule has 3 nitrogen and oxygen atoms in total. The quantitative estimate of drug-likeness (QED) is 0.941. The molecular weight excluding hydrogens is 281 g/mol. The lowest BCUT2D eigenvalue weighted by Gasteiger charge is -2.15. The minimum absolute atomic E-state index is 0.140. The van der Waals surface area contributed by atoms with Gasteiger partial charge in [-0.3, -0.25) is 4.68 Å². The van der Waals surface area contributed by atoms with Crippen LogP contribution in [0, 0.1) is 13.8 Å². The van der Waals surface area contributed by atoms with Crippen molar-refractivity contribution in [1.82, 2.24) is 9.78 Å². The van der Waals surface area contributed by atoms with Gasteiger partial charge in [-0.15, -0.1) is 0 Å². The van der Waals surface area contributed by atoms with Crippen LogP contribution in [-0.2, 0) is 13.5 Å². The van der Waals surface area contributed by atoms with E-state index >= 15 is 0 Å². The van der Waals surface area contributed by atoms with Crippen LogP contribution in [0.25, 0.3) is 0 Å². The number of halogens is 2. The molecular formula is C14H17Cl2N3. The van der Waals surface area contributed by atoms with Gasteiger partial charge in [-0.05, 0) is 37.5 Å². The molecule has 19 heavy (non-hydrogen) atoms. The molecule has 1 atom stereocenters. The maximum absolute atomic E-state index is 6.29. The number of nitrogens with zero attached hydrogens (tertiary/aromatic N) is 2. The minimum Gasteiger partial charge on any atom is -0.324 e. The molecule has 2 aromatic rings. The largest absolute Gasteiger partial charge is 0.324 e. The smallest absolute Gasteiger partial charge is 0.130 e. The summed E-state index contributed by atoms with van der Waals surface area (Å²) in [5.74, 6) is 0. The van der Waals surface area contributed by atoms with Gasteiger partial charge >= 0.3 is 0 Å². The molecule has 0 aliphatic heterocycles. The molecule has 0 radical (unpaired) electrons. The lowest BCUT2D eigenvalue weighted by molar-refractivity contribution is 0.713. The third-order valence-electron chi connectivity index (χ3n) is 3.40. The lowest BCUT2D eigenvalue weighted by Crippen LogP contribution is -2.15. The number of hydrogen-bond donors (Lipinski definition) is 1. The summed E-state index contributed by atoms with van der Waals surface area (Å²) in [5.41, 5.74) is 10.3. The van der Waals surface area contributed by atoms with Gasteiger partial charge in [0.15, 0.2) is 0 Å². The molecule has 0 aliphatic carbocycles. The van der Waals surface area contributed by atoms with Crippen LogP contribution in [0.4, 0.5) is 0 Å². The van der Waals surface area contributed by atoms with Crippen molar-refractivity contribution < 1.29 is 0 Å². The van der Waals surface area contributed by atoms with Gasteiger partial charge in [0.05, 0.1) is 5.69 Å². The second kappa shape index (κ2) is 5.53. The van der Waals surface area contributed by atoms with Gasteiger partial charge in [-0.1, -0.05) is 35.3 Å². The molecule has 0 amide bonds. The van der Waals surface area contributed by atoms with E-state index in [-0.39, 0.29) is 6.04 Å². The van der Waals surface area contributed by atoms with Gasteiger partial charge in [0.1, 0.15) is 5.15 Å². The fraction of sp³-hybridized carbons (Fsp3) is 0.357. The Morgan fingerprint density at radius 3 is 2.58 bits per heavy atom. The number of nitrogens with two attached hydrogens (primary N) is 1. The molecule has 0 spiro atoms. The van der Waals surface area contributed by atoms with E-state index in [0.29, 0.717) is 11.6 Å². The van der Waals surface area contributed by atoms with Crippen LogP contribution in [0.15, 0.2) is 18.2 Å². The molecule has 1 aromatic heterocycles. The Morgan fingerprint density at radius 2 is 2.00 bits per heavy atom. The first-order chi connectivity index (χ1) is 8.91. The normalized spacial score (nSPS) is 12.7. The SMILES string of the molecule is Cc1nn(C)c(Cl)c1CC(N)c1cccc(Cl)c1C. The molecule has 5 heteroatoms. The first-order valence-corrected chi connectivity index (χ1v) is 6.86. The van der Waals surface area contributed by atoms with Crippen molar-refractivity contribution in [3.8, 4) is 0 Å². The van der Waals surface area contributed by atoms with Crippen molar-refractivity contribution in [3.05, 3.63) is 50.8 Å². The van der Waals surface area contributed by atoms with Crippen molar-refractivity contribution >= 4 is 23.2 Å². The summed E-state index contributed by atoms with van der Waals surface area (Å²) in [7, 11) is 1.83. The molecule has 102 valence electrons. The maximum Gasteiger partial charge on any atom is 0.130 e. The zero-order valence-electron chi connectivity index (χ0n) is 11.2. The van der Waals surface area contributed by atoms with Gasteiger partial charge in [-0.2, -0.15) is 5.10 Å². The average molecular weight is 298 g/mol. The summed E-state index contributed by atoms with van der Waals surface area (Å²) in [5, 5.41) is 5.68. The standard InChI is InChI=1S/C14H17Cl2N3/c1-8-10(5-4-6-12(8)15)13(17)7-11-9(2)18-19(3)14(11)16/h4-6,13H,7,17H2,1-3H3. The van der Waals surface area contributed by atoms with Crippen molar-refractivity contribution in [1.29, 1.82) is 0 Å². The second-order valence-electron chi connectivity index (χ2n) is 4.74. The molecule has 1 heterocycles. The van der Waals surface area contributed by atoms with Crippen LogP contribution in [0.1, 0.15) is 28.4 Å². The summed E-state index contributed by atoms with van der Waals surface area (Å²) < 4.78 is 1.67. The second-order valence-corrected chi connectivity index (χ2v) is 5.51. The minimum atomic E-state index is -0.140. The van der Waals surface area contributed by atoms with E-state index in [1.54, 1.807) is 4.68 Å². The van der Waals surface area contributed by atoms with Crippen LogP contribution in [0.2, 0.25) is 10.2 Å². The van der Waals surface area contributed by atoms with Gasteiger partial charge in [-0.25, -0.2) is 0 Å².